The molecule has 1 unspecified atom stereocenters. The van der Waals surface area contributed by atoms with Crippen molar-refractivity contribution in [3.8, 4) is 0 Å². The Balaban J connectivity index is 3.36. The Hall–Kier alpha value is -0.860. The number of hydrogen-bond donors (Lipinski definition) is 1. The highest BCUT2D eigenvalue weighted by atomic mass is 16.4. The number of Topliss-reactive ketones (excluding diaryl/α,β-unsaturated/α-hetero) is 1. The van der Waals surface area contributed by atoms with Crippen LogP contribution in [-0.4, -0.2) is 16.9 Å². The molecule has 0 bridgehead atoms. The molecule has 0 heterocycles. The highest BCUT2D eigenvalue weighted by molar-refractivity contribution is 5.80. The maximum absolute atomic E-state index is 11.4. The predicted molar refractivity (Wildman–Crippen MR) is 55.2 cm³/mol. The fourth-order valence-corrected chi connectivity index (χ4v) is 1.23. The molecule has 14 heavy (non-hydrogen) atoms. The average Bonchev–Trinajstić information content (AvgIpc) is 2.15. The Morgan fingerprint density at radius 1 is 1.14 bits per heavy atom. The van der Waals surface area contributed by atoms with E-state index in [0.29, 0.717) is 18.6 Å². The number of ketones is 1. The molecule has 0 fully saturated rings. The van der Waals surface area contributed by atoms with Crippen LogP contribution in [0.4, 0.5) is 0 Å². The van der Waals surface area contributed by atoms with Crippen molar-refractivity contribution in [2.45, 2.75) is 52.4 Å². The zero-order chi connectivity index (χ0) is 11.0. The fraction of sp³-hybridized carbons (Fsp3) is 0.818. The van der Waals surface area contributed by atoms with Gasteiger partial charge in [0, 0.05) is 18.8 Å². The van der Waals surface area contributed by atoms with E-state index >= 15 is 0 Å². The topological polar surface area (TPSA) is 54.4 Å². The minimum absolute atomic E-state index is 0.162. The number of carbonyl (C=O) groups excluding carboxylic acids is 1. The van der Waals surface area contributed by atoms with Crippen molar-refractivity contribution in [3.05, 3.63) is 0 Å². The van der Waals surface area contributed by atoms with Gasteiger partial charge in [-0.25, -0.2) is 0 Å². The molecule has 1 N–H and O–H groups in total. The molecule has 0 spiro atoms. The van der Waals surface area contributed by atoms with Gasteiger partial charge < -0.3 is 5.11 Å². The van der Waals surface area contributed by atoms with E-state index in [2.05, 4.69) is 0 Å². The van der Waals surface area contributed by atoms with Gasteiger partial charge >= 0.3 is 5.97 Å². The van der Waals surface area contributed by atoms with Gasteiger partial charge in [0.25, 0.3) is 0 Å². The number of unbranched alkanes of at least 4 members (excludes halogenated alkanes) is 2. The maximum Gasteiger partial charge on any atom is 0.303 e. The molecule has 0 aromatic heterocycles. The number of aliphatic carboxylic acids is 1. The molecule has 0 aliphatic rings. The van der Waals surface area contributed by atoms with E-state index in [1.54, 1.807) is 0 Å². The summed E-state index contributed by atoms with van der Waals surface area (Å²) < 4.78 is 0. The summed E-state index contributed by atoms with van der Waals surface area (Å²) in [5.41, 5.74) is 0. The molecule has 0 aromatic carbocycles. The van der Waals surface area contributed by atoms with Gasteiger partial charge in [-0.1, -0.05) is 20.3 Å². The lowest BCUT2D eigenvalue weighted by Gasteiger charge is -2.06. The summed E-state index contributed by atoms with van der Waals surface area (Å²) in [5.74, 6) is -0.282. The zero-order valence-corrected chi connectivity index (χ0v) is 9.08. The summed E-state index contributed by atoms with van der Waals surface area (Å²) in [6.07, 6.45) is 4.08. The van der Waals surface area contributed by atoms with E-state index < -0.39 is 5.97 Å². The Kier molecular flexibility index (Phi) is 7.07. The van der Waals surface area contributed by atoms with Gasteiger partial charge in [-0.3, -0.25) is 9.59 Å². The van der Waals surface area contributed by atoms with E-state index in [1.807, 2.05) is 13.8 Å². The van der Waals surface area contributed by atoms with Gasteiger partial charge in [0.15, 0.2) is 0 Å². The largest absolute Gasteiger partial charge is 0.481 e. The third-order valence-electron chi connectivity index (χ3n) is 2.48. The molecule has 3 nitrogen and oxygen atoms in total. The van der Waals surface area contributed by atoms with Crippen LogP contribution < -0.4 is 0 Å². The summed E-state index contributed by atoms with van der Waals surface area (Å²) in [4.78, 5) is 21.5. The van der Waals surface area contributed by atoms with Crippen molar-refractivity contribution in [2.75, 3.05) is 0 Å². The van der Waals surface area contributed by atoms with Crippen LogP contribution in [0.5, 0.6) is 0 Å². The standard InChI is InChI=1S/C11H20O3/c1-3-9(2)10(12)7-5-4-6-8-11(13)14/h9H,3-8H2,1-2H3,(H,13,14). The fourth-order valence-electron chi connectivity index (χ4n) is 1.23. The Morgan fingerprint density at radius 2 is 1.71 bits per heavy atom. The van der Waals surface area contributed by atoms with Crippen LogP contribution in [0, 0.1) is 5.92 Å². The Labute approximate surface area is 85.5 Å². The molecule has 3 heteroatoms. The first kappa shape index (κ1) is 13.1. The maximum atomic E-state index is 11.4. The molecule has 0 aliphatic carbocycles. The van der Waals surface area contributed by atoms with Gasteiger partial charge in [0.2, 0.25) is 0 Å². The number of carbonyl (C=O) groups is 2. The molecule has 0 amide bonds. The van der Waals surface area contributed by atoms with Crippen molar-refractivity contribution in [2.24, 2.45) is 5.92 Å². The molecule has 82 valence electrons. The molecule has 0 rings (SSSR count). The monoisotopic (exact) mass is 200 g/mol. The third kappa shape index (κ3) is 6.63. The molecular formula is C11H20O3. The molecule has 0 radical (unpaired) electrons. The van der Waals surface area contributed by atoms with Gasteiger partial charge in [-0.15, -0.1) is 0 Å². The lowest BCUT2D eigenvalue weighted by atomic mass is 9.98. The summed E-state index contributed by atoms with van der Waals surface area (Å²) in [6.45, 7) is 3.95. The highest BCUT2D eigenvalue weighted by Crippen LogP contribution is 2.10. The molecule has 0 aliphatic heterocycles. The van der Waals surface area contributed by atoms with E-state index in [0.717, 1.165) is 19.3 Å². The average molecular weight is 200 g/mol. The number of rotatable bonds is 8. The quantitative estimate of drug-likeness (QED) is 0.613. The van der Waals surface area contributed by atoms with Crippen molar-refractivity contribution in [1.82, 2.24) is 0 Å². The minimum atomic E-state index is -0.752. The van der Waals surface area contributed by atoms with Crippen molar-refractivity contribution >= 4 is 11.8 Å². The summed E-state index contributed by atoms with van der Waals surface area (Å²) in [5, 5.41) is 8.38. The van der Waals surface area contributed by atoms with Gasteiger partial charge in [0.05, 0.1) is 0 Å². The van der Waals surface area contributed by atoms with E-state index in [4.69, 9.17) is 5.11 Å². The number of carboxylic acids is 1. The van der Waals surface area contributed by atoms with Crippen LogP contribution in [0.1, 0.15) is 52.4 Å². The smallest absolute Gasteiger partial charge is 0.303 e. The Bertz CT molecular complexity index is 187. The SMILES string of the molecule is CCC(C)C(=O)CCCCCC(=O)O. The lowest BCUT2D eigenvalue weighted by Crippen LogP contribution is -2.09. The first-order valence-electron chi connectivity index (χ1n) is 5.32. The highest BCUT2D eigenvalue weighted by Gasteiger charge is 2.09. The number of carboxylic acid groups (broad SMARTS) is 1. The molecule has 0 aromatic rings. The second kappa shape index (κ2) is 7.54. The second-order valence-corrected chi connectivity index (χ2v) is 3.73. The summed E-state index contributed by atoms with van der Waals surface area (Å²) in [7, 11) is 0. The van der Waals surface area contributed by atoms with Crippen LogP contribution in [0.25, 0.3) is 0 Å². The number of hydrogen-bond acceptors (Lipinski definition) is 2. The van der Waals surface area contributed by atoms with E-state index in [1.165, 1.54) is 0 Å². The molecular weight excluding hydrogens is 180 g/mol. The van der Waals surface area contributed by atoms with E-state index in [9.17, 15) is 9.59 Å². The first-order valence-corrected chi connectivity index (χ1v) is 5.32. The molecule has 1 atom stereocenters. The van der Waals surface area contributed by atoms with Crippen LogP contribution in [0.3, 0.4) is 0 Å². The van der Waals surface area contributed by atoms with Gasteiger partial charge in [-0.2, -0.15) is 0 Å². The Morgan fingerprint density at radius 3 is 2.21 bits per heavy atom. The van der Waals surface area contributed by atoms with Crippen molar-refractivity contribution in [1.29, 1.82) is 0 Å². The normalized spacial score (nSPS) is 12.4. The lowest BCUT2D eigenvalue weighted by molar-refractivity contribution is -0.137. The van der Waals surface area contributed by atoms with Crippen LogP contribution in [0.15, 0.2) is 0 Å². The van der Waals surface area contributed by atoms with E-state index in [-0.39, 0.29) is 12.3 Å². The minimum Gasteiger partial charge on any atom is -0.481 e. The van der Waals surface area contributed by atoms with Crippen LogP contribution in [-0.2, 0) is 9.59 Å². The molecule has 0 saturated carbocycles. The van der Waals surface area contributed by atoms with Crippen molar-refractivity contribution in [3.63, 3.8) is 0 Å². The van der Waals surface area contributed by atoms with Crippen LogP contribution >= 0.6 is 0 Å². The van der Waals surface area contributed by atoms with Crippen molar-refractivity contribution < 1.29 is 14.7 Å². The predicted octanol–water partition coefficient (Wildman–Crippen LogP) is 2.64. The van der Waals surface area contributed by atoms with Gasteiger partial charge in [-0.05, 0) is 19.3 Å². The summed E-state index contributed by atoms with van der Waals surface area (Å²) >= 11 is 0. The third-order valence-corrected chi connectivity index (χ3v) is 2.48. The summed E-state index contributed by atoms with van der Waals surface area (Å²) in [6, 6.07) is 0. The van der Waals surface area contributed by atoms with Gasteiger partial charge in [0.1, 0.15) is 5.78 Å². The first-order chi connectivity index (χ1) is 6.57. The van der Waals surface area contributed by atoms with Crippen LogP contribution in [0.2, 0.25) is 0 Å². The zero-order valence-electron chi connectivity index (χ0n) is 9.08. The second-order valence-electron chi connectivity index (χ2n) is 3.73. The molecule has 0 saturated heterocycles.